The van der Waals surface area contributed by atoms with Crippen molar-refractivity contribution >= 4 is 5.97 Å². The number of ether oxygens (including phenoxy) is 1. The summed E-state index contributed by atoms with van der Waals surface area (Å²) in [7, 11) is 0. The van der Waals surface area contributed by atoms with Gasteiger partial charge in [0, 0.05) is 11.5 Å². The van der Waals surface area contributed by atoms with Gasteiger partial charge in [-0.2, -0.15) is 0 Å². The van der Waals surface area contributed by atoms with E-state index in [0.29, 0.717) is 31.3 Å². The van der Waals surface area contributed by atoms with E-state index in [1.54, 1.807) is 6.08 Å². The fourth-order valence-corrected chi connectivity index (χ4v) is 8.37. The van der Waals surface area contributed by atoms with Crippen LogP contribution in [-0.2, 0) is 9.53 Å². The van der Waals surface area contributed by atoms with E-state index in [0.717, 1.165) is 44.1 Å². The molecule has 0 spiro atoms. The molecule has 5 rings (SSSR count). The van der Waals surface area contributed by atoms with Crippen molar-refractivity contribution in [1.82, 2.24) is 0 Å². The number of carbonyl (C=O) groups is 1. The lowest BCUT2D eigenvalue weighted by molar-refractivity contribution is -0.244. The SMILES string of the molecule is C[C@]12CC[C@H](O)C[C@@H]1CC[C@H]1[C@@H]2C[C@@H](O)[C@]2(C)[C@@H](C3=CC(=O)OC3)CC[C@]12O. The van der Waals surface area contributed by atoms with Crippen molar-refractivity contribution in [1.29, 1.82) is 0 Å². The highest BCUT2D eigenvalue weighted by molar-refractivity contribution is 5.85. The Morgan fingerprint density at radius 2 is 1.82 bits per heavy atom. The lowest BCUT2D eigenvalue weighted by Crippen LogP contribution is -2.67. The fourth-order valence-electron chi connectivity index (χ4n) is 8.37. The summed E-state index contributed by atoms with van der Waals surface area (Å²) in [5.74, 6) is 0.657. The van der Waals surface area contributed by atoms with Crippen molar-refractivity contribution < 1.29 is 24.9 Å². The van der Waals surface area contributed by atoms with Crippen LogP contribution in [-0.4, -0.2) is 45.7 Å². The molecule has 3 N–H and O–H groups in total. The van der Waals surface area contributed by atoms with Gasteiger partial charge in [0.25, 0.3) is 0 Å². The second-order valence-corrected chi connectivity index (χ2v) is 10.8. The molecular formula is C23H34O5. The first-order chi connectivity index (χ1) is 13.2. The molecule has 0 amide bonds. The molecule has 0 saturated heterocycles. The van der Waals surface area contributed by atoms with Crippen molar-refractivity contribution in [3.63, 3.8) is 0 Å². The number of esters is 1. The Hall–Kier alpha value is -0.910. The molecule has 0 unspecified atom stereocenters. The van der Waals surface area contributed by atoms with Crippen LogP contribution in [0.25, 0.3) is 0 Å². The number of carbonyl (C=O) groups excluding carboxylic acids is 1. The number of aliphatic hydroxyl groups is 3. The standard InChI is InChI=1S/C23H34O5/c1-21-7-5-15(24)10-14(21)3-4-17-18(21)11-19(25)22(2)16(6-8-23(17,22)27)13-9-20(26)28-12-13/h9,14-19,24-25,27H,3-8,10-12H2,1-2H3/t14-,15-,16+,17-,18-,19+,21-,22-,23-/m0/s1. The smallest absolute Gasteiger partial charge is 0.331 e. The van der Waals surface area contributed by atoms with Gasteiger partial charge in [-0.3, -0.25) is 0 Å². The van der Waals surface area contributed by atoms with Crippen LogP contribution in [0, 0.1) is 34.5 Å². The number of rotatable bonds is 1. The minimum atomic E-state index is -0.906. The van der Waals surface area contributed by atoms with Crippen LogP contribution in [0.2, 0.25) is 0 Å². The first-order valence-corrected chi connectivity index (χ1v) is 11.2. The van der Waals surface area contributed by atoms with Crippen molar-refractivity contribution in [2.45, 2.75) is 83.0 Å². The van der Waals surface area contributed by atoms with Crippen molar-refractivity contribution in [2.24, 2.45) is 34.5 Å². The molecular weight excluding hydrogens is 356 g/mol. The summed E-state index contributed by atoms with van der Waals surface area (Å²) in [6.07, 6.45) is 7.69. The third kappa shape index (κ3) is 2.27. The molecule has 0 aromatic carbocycles. The van der Waals surface area contributed by atoms with Crippen molar-refractivity contribution in [3.8, 4) is 0 Å². The number of fused-ring (bicyclic) bond motifs is 5. The Morgan fingerprint density at radius 1 is 1.04 bits per heavy atom. The molecule has 0 radical (unpaired) electrons. The van der Waals surface area contributed by atoms with E-state index < -0.39 is 17.1 Å². The highest BCUT2D eigenvalue weighted by atomic mass is 16.5. The average Bonchev–Trinajstić information content (AvgIpc) is 3.19. The predicted octanol–water partition coefficient (Wildman–Crippen LogP) is 2.58. The van der Waals surface area contributed by atoms with Crippen molar-refractivity contribution in [2.75, 3.05) is 6.61 Å². The monoisotopic (exact) mass is 390 g/mol. The molecule has 1 aliphatic heterocycles. The van der Waals surface area contributed by atoms with Gasteiger partial charge in [-0.15, -0.1) is 0 Å². The molecule has 28 heavy (non-hydrogen) atoms. The van der Waals surface area contributed by atoms with E-state index in [1.165, 1.54) is 0 Å². The minimum Gasteiger partial charge on any atom is -0.458 e. The number of hydrogen-bond donors (Lipinski definition) is 3. The van der Waals surface area contributed by atoms with E-state index in [2.05, 4.69) is 6.92 Å². The van der Waals surface area contributed by atoms with Crippen LogP contribution >= 0.6 is 0 Å². The average molecular weight is 391 g/mol. The zero-order valence-corrected chi connectivity index (χ0v) is 17.1. The largest absolute Gasteiger partial charge is 0.458 e. The summed E-state index contributed by atoms with van der Waals surface area (Å²) < 4.78 is 5.16. The predicted molar refractivity (Wildman–Crippen MR) is 103 cm³/mol. The first kappa shape index (κ1) is 19.1. The van der Waals surface area contributed by atoms with Gasteiger partial charge in [-0.05, 0) is 86.0 Å². The molecule has 5 nitrogen and oxygen atoms in total. The molecule has 5 heteroatoms. The lowest BCUT2D eigenvalue weighted by atomic mass is 9.42. The Kier molecular flexibility index (Phi) is 4.12. The minimum absolute atomic E-state index is 0.00129. The quantitative estimate of drug-likeness (QED) is 0.599. The molecule has 4 saturated carbocycles. The maximum atomic E-state index is 12.1. The third-order valence-corrected chi connectivity index (χ3v) is 10.0. The van der Waals surface area contributed by atoms with Gasteiger partial charge in [0.15, 0.2) is 0 Å². The molecule has 0 aromatic heterocycles. The molecule has 4 aliphatic carbocycles. The summed E-state index contributed by atoms with van der Waals surface area (Å²) in [5, 5.41) is 33.7. The van der Waals surface area contributed by atoms with E-state index >= 15 is 0 Å². The highest BCUT2D eigenvalue weighted by Crippen LogP contribution is 2.69. The highest BCUT2D eigenvalue weighted by Gasteiger charge is 2.70. The summed E-state index contributed by atoms with van der Waals surface area (Å²) in [6.45, 7) is 4.69. The van der Waals surface area contributed by atoms with Gasteiger partial charge in [-0.25, -0.2) is 4.79 Å². The summed E-state index contributed by atoms with van der Waals surface area (Å²) in [6, 6.07) is 0. The van der Waals surface area contributed by atoms with E-state index in [-0.39, 0.29) is 29.3 Å². The zero-order chi connectivity index (χ0) is 19.9. The van der Waals surface area contributed by atoms with Crippen LogP contribution in [0.15, 0.2) is 11.6 Å². The van der Waals surface area contributed by atoms with Gasteiger partial charge >= 0.3 is 5.97 Å². The maximum Gasteiger partial charge on any atom is 0.331 e. The van der Waals surface area contributed by atoms with Crippen molar-refractivity contribution in [3.05, 3.63) is 11.6 Å². The van der Waals surface area contributed by atoms with Gasteiger partial charge in [0.1, 0.15) is 6.61 Å². The van der Waals surface area contributed by atoms with Gasteiger partial charge in [-0.1, -0.05) is 13.8 Å². The van der Waals surface area contributed by atoms with Crippen LogP contribution < -0.4 is 0 Å². The topological polar surface area (TPSA) is 87.0 Å². The number of aliphatic hydroxyl groups excluding tert-OH is 2. The second-order valence-electron chi connectivity index (χ2n) is 10.8. The van der Waals surface area contributed by atoms with Crippen LogP contribution in [0.5, 0.6) is 0 Å². The Labute approximate surface area is 167 Å². The van der Waals surface area contributed by atoms with Crippen LogP contribution in [0.4, 0.5) is 0 Å². The molecule has 4 fully saturated rings. The van der Waals surface area contributed by atoms with E-state index in [9.17, 15) is 20.1 Å². The summed E-state index contributed by atoms with van der Waals surface area (Å²) >= 11 is 0. The second kappa shape index (κ2) is 6.05. The fraction of sp³-hybridized carbons (Fsp3) is 0.870. The van der Waals surface area contributed by atoms with Gasteiger partial charge < -0.3 is 20.1 Å². The number of cyclic esters (lactones) is 1. The maximum absolute atomic E-state index is 12.1. The molecule has 0 bridgehead atoms. The first-order valence-electron chi connectivity index (χ1n) is 11.2. The normalized spacial score (nSPS) is 55.8. The molecule has 9 atom stereocenters. The van der Waals surface area contributed by atoms with Gasteiger partial charge in [0.2, 0.25) is 0 Å². The Bertz CT molecular complexity index is 718. The Morgan fingerprint density at radius 3 is 2.54 bits per heavy atom. The van der Waals surface area contributed by atoms with Crippen LogP contribution in [0.3, 0.4) is 0 Å². The number of hydrogen-bond acceptors (Lipinski definition) is 5. The molecule has 5 aliphatic rings. The molecule has 1 heterocycles. The van der Waals surface area contributed by atoms with E-state index in [1.807, 2.05) is 6.92 Å². The lowest BCUT2D eigenvalue weighted by Gasteiger charge is -2.64. The Balaban J connectivity index is 1.51. The van der Waals surface area contributed by atoms with Crippen LogP contribution in [0.1, 0.15) is 65.2 Å². The summed E-state index contributed by atoms with van der Waals surface area (Å²) in [5.41, 5.74) is -0.507. The third-order valence-electron chi connectivity index (χ3n) is 10.0. The van der Waals surface area contributed by atoms with E-state index in [4.69, 9.17) is 4.74 Å². The van der Waals surface area contributed by atoms with Gasteiger partial charge in [0.05, 0.1) is 17.8 Å². The molecule has 0 aromatic rings. The molecule has 156 valence electrons. The summed E-state index contributed by atoms with van der Waals surface area (Å²) in [4.78, 5) is 11.6. The zero-order valence-electron chi connectivity index (χ0n) is 17.1.